The minimum atomic E-state index is -4.21. The molecule has 1 fully saturated rings. The van der Waals surface area contributed by atoms with E-state index in [1.807, 2.05) is 6.07 Å². The molecule has 0 radical (unpaired) electrons. The normalized spacial score (nSPS) is 15.6. The fourth-order valence-corrected chi connectivity index (χ4v) is 3.96. The number of halogens is 1. The number of ether oxygens (including phenoxy) is 1. The van der Waals surface area contributed by atoms with Crippen LogP contribution in [0.1, 0.15) is 28.8 Å². The molecule has 0 aliphatic heterocycles. The second-order valence-electron chi connectivity index (χ2n) is 5.97. The van der Waals surface area contributed by atoms with Crippen molar-refractivity contribution in [2.75, 3.05) is 6.35 Å². The lowest BCUT2D eigenvalue weighted by Crippen LogP contribution is -2.16. The lowest BCUT2D eigenvalue weighted by atomic mass is 10.0. The smallest absolute Gasteiger partial charge is 0.362 e. The highest BCUT2D eigenvalue weighted by atomic mass is 35.5. The molecule has 2 aliphatic carbocycles. The topological polar surface area (TPSA) is 91.7 Å². The lowest BCUT2D eigenvalue weighted by Gasteiger charge is -2.15. The van der Waals surface area contributed by atoms with Crippen molar-refractivity contribution < 1.29 is 19.1 Å². The van der Waals surface area contributed by atoms with Crippen LogP contribution in [-0.4, -0.2) is 27.2 Å². The first-order valence-corrected chi connectivity index (χ1v) is 10.2. The van der Waals surface area contributed by atoms with Gasteiger partial charge in [0.25, 0.3) is 0 Å². The zero-order chi connectivity index (χ0) is 16.0. The SMILES string of the molecule is Cl.O=P(O)(O)COc1ccc(CNC2CC2)c2c1-c1ncsc1C2. The van der Waals surface area contributed by atoms with Gasteiger partial charge in [-0.2, -0.15) is 0 Å². The Morgan fingerprint density at radius 2 is 2.17 bits per heavy atom. The van der Waals surface area contributed by atoms with Crippen LogP contribution in [0.2, 0.25) is 0 Å². The van der Waals surface area contributed by atoms with Gasteiger partial charge < -0.3 is 19.8 Å². The Morgan fingerprint density at radius 1 is 1.38 bits per heavy atom. The van der Waals surface area contributed by atoms with Crippen LogP contribution < -0.4 is 10.1 Å². The molecule has 0 spiro atoms. The Hall–Kier alpha value is -0.950. The maximum absolute atomic E-state index is 11.1. The molecule has 0 bridgehead atoms. The highest BCUT2D eigenvalue weighted by molar-refractivity contribution is 7.51. The molecule has 24 heavy (non-hydrogen) atoms. The van der Waals surface area contributed by atoms with Crippen molar-refractivity contribution in [3.8, 4) is 17.0 Å². The third kappa shape index (κ3) is 3.67. The summed E-state index contributed by atoms with van der Waals surface area (Å²) in [7, 11) is -4.21. The van der Waals surface area contributed by atoms with Gasteiger partial charge in [-0.25, -0.2) is 4.98 Å². The molecule has 0 unspecified atom stereocenters. The van der Waals surface area contributed by atoms with E-state index in [9.17, 15) is 4.57 Å². The summed E-state index contributed by atoms with van der Waals surface area (Å²) in [6.45, 7) is 0.806. The maximum Gasteiger partial charge on any atom is 0.362 e. The third-order valence-electron chi connectivity index (χ3n) is 4.13. The molecule has 2 aliphatic rings. The van der Waals surface area contributed by atoms with Gasteiger partial charge in [0.1, 0.15) is 5.75 Å². The van der Waals surface area contributed by atoms with Crippen molar-refractivity contribution in [3.63, 3.8) is 0 Å². The van der Waals surface area contributed by atoms with Crippen LogP contribution >= 0.6 is 31.3 Å². The van der Waals surface area contributed by atoms with Gasteiger partial charge in [-0.1, -0.05) is 6.07 Å². The van der Waals surface area contributed by atoms with Gasteiger partial charge in [0.15, 0.2) is 6.35 Å². The van der Waals surface area contributed by atoms with Crippen LogP contribution in [0.5, 0.6) is 5.75 Å². The molecule has 0 amide bonds. The average Bonchev–Trinajstić information content (AvgIpc) is 3.08. The molecule has 4 rings (SSSR count). The number of nitrogens with zero attached hydrogens (tertiary/aromatic N) is 1. The van der Waals surface area contributed by atoms with Gasteiger partial charge in [0.2, 0.25) is 0 Å². The van der Waals surface area contributed by atoms with Crippen molar-refractivity contribution in [2.45, 2.75) is 31.8 Å². The van der Waals surface area contributed by atoms with Crippen LogP contribution in [-0.2, 0) is 17.5 Å². The monoisotopic (exact) mass is 388 g/mol. The van der Waals surface area contributed by atoms with E-state index in [-0.39, 0.29) is 12.4 Å². The summed E-state index contributed by atoms with van der Waals surface area (Å²) < 4.78 is 16.5. The molecule has 2 aromatic rings. The molecule has 0 saturated heterocycles. The number of nitrogens with one attached hydrogen (secondary N) is 1. The van der Waals surface area contributed by atoms with Gasteiger partial charge in [-0.15, -0.1) is 23.7 Å². The molecule has 0 atom stereocenters. The largest absolute Gasteiger partial charge is 0.480 e. The van der Waals surface area contributed by atoms with Gasteiger partial charge in [-0.3, -0.25) is 4.57 Å². The summed E-state index contributed by atoms with van der Waals surface area (Å²) in [6, 6.07) is 4.41. The standard InChI is InChI=1S/C15H17N2O4PS.ClH/c18-22(19,20)8-21-12-4-1-9(6-16-10-2-3-10)11-5-13-15(14(11)12)17-7-23-13;/h1,4,7,10,16H,2-3,5-6,8H2,(H2,18,19,20);1H. The number of benzene rings is 1. The Kier molecular flexibility index (Phi) is 5.02. The van der Waals surface area contributed by atoms with Crippen LogP contribution in [0.15, 0.2) is 17.6 Å². The molecule has 1 heterocycles. The van der Waals surface area contributed by atoms with Crippen molar-refractivity contribution in [3.05, 3.63) is 33.6 Å². The van der Waals surface area contributed by atoms with E-state index >= 15 is 0 Å². The van der Waals surface area contributed by atoms with E-state index in [2.05, 4.69) is 10.3 Å². The molecule has 1 saturated carbocycles. The summed E-state index contributed by atoms with van der Waals surface area (Å²) >= 11 is 1.61. The zero-order valence-electron chi connectivity index (χ0n) is 12.8. The predicted octanol–water partition coefficient (Wildman–Crippen LogP) is 2.90. The number of hydrogen-bond acceptors (Lipinski definition) is 5. The van der Waals surface area contributed by atoms with E-state index in [0.717, 1.165) is 29.8 Å². The summed E-state index contributed by atoms with van der Waals surface area (Å²) in [5, 5.41) is 3.51. The average molecular weight is 389 g/mol. The first-order valence-electron chi connectivity index (χ1n) is 7.49. The lowest BCUT2D eigenvalue weighted by molar-refractivity contribution is 0.301. The van der Waals surface area contributed by atoms with Crippen LogP contribution in [0.25, 0.3) is 11.3 Å². The van der Waals surface area contributed by atoms with Crippen LogP contribution in [0.4, 0.5) is 0 Å². The number of rotatable bonds is 6. The van der Waals surface area contributed by atoms with Gasteiger partial charge in [0.05, 0.1) is 11.2 Å². The highest BCUT2D eigenvalue weighted by Crippen LogP contribution is 2.46. The van der Waals surface area contributed by atoms with Crippen molar-refractivity contribution in [1.29, 1.82) is 0 Å². The van der Waals surface area contributed by atoms with Crippen molar-refractivity contribution in [1.82, 2.24) is 10.3 Å². The molecule has 3 N–H and O–H groups in total. The Bertz CT molecular complexity index is 803. The first kappa shape index (κ1) is 17.9. The van der Waals surface area contributed by atoms with Crippen LogP contribution in [0.3, 0.4) is 0 Å². The molecule has 9 heteroatoms. The van der Waals surface area contributed by atoms with Gasteiger partial charge in [-0.05, 0) is 30.0 Å². The van der Waals surface area contributed by atoms with E-state index < -0.39 is 13.9 Å². The molecule has 6 nitrogen and oxygen atoms in total. The zero-order valence-corrected chi connectivity index (χ0v) is 15.3. The van der Waals surface area contributed by atoms with Crippen LogP contribution in [0, 0.1) is 0 Å². The van der Waals surface area contributed by atoms with E-state index in [1.54, 1.807) is 22.9 Å². The van der Waals surface area contributed by atoms with Crippen molar-refractivity contribution in [2.24, 2.45) is 0 Å². The first-order chi connectivity index (χ1) is 11.0. The summed E-state index contributed by atoms with van der Waals surface area (Å²) in [5.41, 5.74) is 5.95. The minimum Gasteiger partial charge on any atom is -0.480 e. The number of thiazole rings is 1. The van der Waals surface area contributed by atoms with Gasteiger partial charge >= 0.3 is 7.60 Å². The predicted molar refractivity (Wildman–Crippen MR) is 95.0 cm³/mol. The number of hydrogen-bond donors (Lipinski definition) is 3. The molecular weight excluding hydrogens is 371 g/mol. The Labute approximate surface area is 149 Å². The second kappa shape index (κ2) is 6.75. The second-order valence-corrected chi connectivity index (χ2v) is 8.50. The van der Waals surface area contributed by atoms with Crippen molar-refractivity contribution >= 4 is 31.3 Å². The summed E-state index contributed by atoms with van der Waals surface area (Å²) in [4.78, 5) is 23.7. The molecule has 130 valence electrons. The minimum absolute atomic E-state index is 0. The number of fused-ring (bicyclic) bond motifs is 3. The summed E-state index contributed by atoms with van der Waals surface area (Å²) in [6.07, 6.45) is 2.67. The maximum atomic E-state index is 11.1. The highest BCUT2D eigenvalue weighted by Gasteiger charge is 2.29. The molecule has 1 aromatic heterocycles. The van der Waals surface area contributed by atoms with E-state index in [0.29, 0.717) is 11.8 Å². The third-order valence-corrected chi connectivity index (χ3v) is 5.43. The fourth-order valence-electron chi connectivity index (χ4n) is 2.87. The number of aromatic nitrogens is 1. The molecule has 1 aromatic carbocycles. The Balaban J connectivity index is 0.00000169. The summed E-state index contributed by atoms with van der Waals surface area (Å²) in [5.74, 6) is 0.503. The molecular formula is C15H18ClN2O4PS. The quantitative estimate of drug-likeness (QED) is 0.562. The fraction of sp³-hybridized carbons (Fsp3) is 0.400. The van der Waals surface area contributed by atoms with Gasteiger partial charge in [0, 0.05) is 29.4 Å². The van der Waals surface area contributed by atoms with E-state index in [1.165, 1.54) is 23.3 Å². The van der Waals surface area contributed by atoms with E-state index in [4.69, 9.17) is 14.5 Å². The Morgan fingerprint density at radius 3 is 2.88 bits per heavy atom.